The van der Waals surface area contributed by atoms with Crippen molar-refractivity contribution in [2.24, 2.45) is 7.05 Å². The van der Waals surface area contributed by atoms with E-state index < -0.39 is 0 Å². The first-order valence-electron chi connectivity index (χ1n) is 8.78. The zero-order valence-corrected chi connectivity index (χ0v) is 17.4. The Balaban J connectivity index is 1.84. The molecule has 0 atom stereocenters. The predicted molar refractivity (Wildman–Crippen MR) is 112 cm³/mol. The molecule has 4 aromatic rings. The van der Waals surface area contributed by atoms with E-state index in [-0.39, 0.29) is 0 Å². The van der Waals surface area contributed by atoms with Crippen LogP contribution in [0.25, 0.3) is 17.1 Å². The molecule has 0 N–H and O–H groups in total. The van der Waals surface area contributed by atoms with Gasteiger partial charge in [-0.25, -0.2) is 4.98 Å². The van der Waals surface area contributed by atoms with Crippen molar-refractivity contribution in [3.63, 3.8) is 0 Å². The van der Waals surface area contributed by atoms with Crippen LogP contribution in [0.3, 0.4) is 0 Å². The van der Waals surface area contributed by atoms with Crippen LogP contribution in [0.2, 0.25) is 5.02 Å². The summed E-state index contributed by atoms with van der Waals surface area (Å²) in [6.07, 6.45) is 1.56. The van der Waals surface area contributed by atoms with E-state index in [4.69, 9.17) is 11.6 Å². The van der Waals surface area contributed by atoms with Gasteiger partial charge in [-0.05, 0) is 43.2 Å². The highest BCUT2D eigenvalue weighted by atomic mass is 35.5. The normalized spacial score (nSPS) is 11.1. The van der Waals surface area contributed by atoms with Gasteiger partial charge in [0.2, 0.25) is 0 Å². The number of hydrogen-bond donors (Lipinski definition) is 0. The molecule has 4 rings (SSSR count). The van der Waals surface area contributed by atoms with Crippen LogP contribution in [0.1, 0.15) is 17.0 Å². The maximum atomic E-state index is 6.47. The minimum Gasteiger partial charge on any atom is -0.270 e. The van der Waals surface area contributed by atoms with Crippen LogP contribution in [0.4, 0.5) is 0 Å². The third-order valence-corrected chi connectivity index (χ3v) is 5.74. The van der Waals surface area contributed by atoms with Crippen molar-refractivity contribution in [1.29, 1.82) is 0 Å². The number of hydrogen-bond acceptors (Lipinski definition) is 5. The zero-order valence-electron chi connectivity index (χ0n) is 15.8. The largest absolute Gasteiger partial charge is 0.270 e. The van der Waals surface area contributed by atoms with E-state index >= 15 is 0 Å². The van der Waals surface area contributed by atoms with Gasteiger partial charge in [0.05, 0.1) is 16.5 Å². The number of nitrogens with zero attached hydrogens (tertiary/aromatic N) is 6. The van der Waals surface area contributed by atoms with Crippen LogP contribution < -0.4 is 0 Å². The predicted octanol–water partition coefficient (Wildman–Crippen LogP) is 4.63. The Morgan fingerprint density at radius 3 is 2.64 bits per heavy atom. The molecule has 0 unspecified atom stereocenters. The molecule has 0 aliphatic carbocycles. The quantitative estimate of drug-likeness (QED) is 0.449. The van der Waals surface area contributed by atoms with E-state index in [1.807, 2.05) is 31.3 Å². The molecule has 0 saturated heterocycles. The standard InChI is InChI=1S/C20H19ClN6S/c1-13-8-9-14(2)17(10-13)27-19(15-6-4-5-7-16(15)21)24-25-20(27)28-11-18-22-12-23-26(18)3/h4-10,12H,11H2,1-3H3. The second-order valence-corrected chi connectivity index (χ2v) is 7.85. The third-order valence-electron chi connectivity index (χ3n) is 4.49. The van der Waals surface area contributed by atoms with Gasteiger partial charge >= 0.3 is 0 Å². The molecule has 2 heterocycles. The van der Waals surface area contributed by atoms with Crippen LogP contribution in [0, 0.1) is 13.8 Å². The molecule has 0 aliphatic rings. The molecule has 0 spiro atoms. The van der Waals surface area contributed by atoms with Gasteiger partial charge in [-0.1, -0.05) is 47.6 Å². The Kier molecular flexibility index (Phi) is 5.19. The maximum Gasteiger partial charge on any atom is 0.196 e. The molecule has 2 aromatic carbocycles. The third kappa shape index (κ3) is 3.55. The van der Waals surface area contributed by atoms with Crippen LogP contribution in [-0.4, -0.2) is 29.5 Å². The summed E-state index contributed by atoms with van der Waals surface area (Å²) in [4.78, 5) is 4.30. The fraction of sp³-hybridized carbons (Fsp3) is 0.200. The first kappa shape index (κ1) is 18.7. The molecule has 8 heteroatoms. The number of aromatic nitrogens is 6. The summed E-state index contributed by atoms with van der Waals surface area (Å²) < 4.78 is 3.84. The number of halogens is 1. The number of thioether (sulfide) groups is 1. The lowest BCUT2D eigenvalue weighted by molar-refractivity contribution is 0.729. The van der Waals surface area contributed by atoms with Gasteiger partial charge in [0.25, 0.3) is 0 Å². The van der Waals surface area contributed by atoms with Gasteiger partial charge < -0.3 is 0 Å². The topological polar surface area (TPSA) is 61.4 Å². The van der Waals surface area contributed by atoms with Gasteiger partial charge in [-0.2, -0.15) is 5.10 Å². The molecule has 0 fully saturated rings. The highest BCUT2D eigenvalue weighted by Gasteiger charge is 2.20. The highest BCUT2D eigenvalue weighted by Crippen LogP contribution is 2.33. The average molecular weight is 411 g/mol. The van der Waals surface area contributed by atoms with Crippen molar-refractivity contribution in [2.45, 2.75) is 24.8 Å². The Morgan fingerprint density at radius 2 is 1.89 bits per heavy atom. The molecule has 28 heavy (non-hydrogen) atoms. The lowest BCUT2D eigenvalue weighted by Crippen LogP contribution is -2.04. The number of benzene rings is 2. The van der Waals surface area contributed by atoms with E-state index in [1.54, 1.807) is 22.8 Å². The van der Waals surface area contributed by atoms with Crippen molar-refractivity contribution in [3.05, 3.63) is 70.8 Å². The van der Waals surface area contributed by atoms with Crippen molar-refractivity contribution in [1.82, 2.24) is 29.5 Å². The molecule has 6 nitrogen and oxygen atoms in total. The molecule has 0 radical (unpaired) electrons. The van der Waals surface area contributed by atoms with Crippen LogP contribution in [0.15, 0.2) is 53.9 Å². The van der Waals surface area contributed by atoms with Crippen LogP contribution in [-0.2, 0) is 12.8 Å². The highest BCUT2D eigenvalue weighted by molar-refractivity contribution is 7.98. The number of aryl methyl sites for hydroxylation is 3. The molecule has 142 valence electrons. The van der Waals surface area contributed by atoms with Gasteiger partial charge in [0.1, 0.15) is 12.2 Å². The lowest BCUT2D eigenvalue weighted by atomic mass is 10.1. The average Bonchev–Trinajstić information content (AvgIpc) is 3.28. The Morgan fingerprint density at radius 1 is 1.07 bits per heavy atom. The van der Waals surface area contributed by atoms with Crippen molar-refractivity contribution in [2.75, 3.05) is 0 Å². The van der Waals surface area contributed by atoms with E-state index in [2.05, 4.69) is 56.9 Å². The minimum absolute atomic E-state index is 0.641. The van der Waals surface area contributed by atoms with E-state index in [0.29, 0.717) is 10.8 Å². The fourth-order valence-electron chi connectivity index (χ4n) is 2.94. The summed E-state index contributed by atoms with van der Waals surface area (Å²) in [5.74, 6) is 2.24. The summed E-state index contributed by atoms with van der Waals surface area (Å²) in [6.45, 7) is 4.16. The molecule has 2 aromatic heterocycles. The van der Waals surface area contributed by atoms with E-state index in [1.165, 1.54) is 5.56 Å². The molecule has 0 aliphatic heterocycles. The molecular weight excluding hydrogens is 392 g/mol. The zero-order chi connectivity index (χ0) is 19.7. The smallest absolute Gasteiger partial charge is 0.196 e. The monoisotopic (exact) mass is 410 g/mol. The molecule has 0 amide bonds. The second-order valence-electron chi connectivity index (χ2n) is 6.50. The summed E-state index contributed by atoms with van der Waals surface area (Å²) in [5, 5.41) is 14.5. The van der Waals surface area contributed by atoms with Crippen molar-refractivity contribution < 1.29 is 0 Å². The van der Waals surface area contributed by atoms with Crippen molar-refractivity contribution in [3.8, 4) is 17.1 Å². The first-order valence-corrected chi connectivity index (χ1v) is 10.1. The summed E-state index contributed by atoms with van der Waals surface area (Å²) in [6, 6.07) is 14.1. The van der Waals surface area contributed by atoms with Crippen LogP contribution >= 0.6 is 23.4 Å². The van der Waals surface area contributed by atoms with Gasteiger partial charge in [-0.15, -0.1) is 10.2 Å². The fourth-order valence-corrected chi connectivity index (χ4v) is 4.09. The number of rotatable bonds is 5. The first-order chi connectivity index (χ1) is 13.5. The summed E-state index contributed by atoms with van der Waals surface area (Å²) in [5.41, 5.74) is 4.20. The molecule has 0 saturated carbocycles. The summed E-state index contributed by atoms with van der Waals surface area (Å²) >= 11 is 8.04. The molecule has 0 bridgehead atoms. The van der Waals surface area contributed by atoms with Crippen molar-refractivity contribution >= 4 is 23.4 Å². The van der Waals surface area contributed by atoms with Gasteiger partial charge in [-0.3, -0.25) is 9.25 Å². The Labute approximate surface area is 172 Å². The summed E-state index contributed by atoms with van der Waals surface area (Å²) in [7, 11) is 1.88. The molecular formula is C20H19ClN6S. The Bertz CT molecular complexity index is 1130. The lowest BCUT2D eigenvalue weighted by Gasteiger charge is -2.14. The van der Waals surface area contributed by atoms with Gasteiger partial charge in [0.15, 0.2) is 11.0 Å². The SMILES string of the molecule is Cc1ccc(C)c(-n2c(SCc3ncnn3C)nnc2-c2ccccc2Cl)c1. The maximum absolute atomic E-state index is 6.47. The Hall–Kier alpha value is -2.64. The van der Waals surface area contributed by atoms with Gasteiger partial charge in [0, 0.05) is 12.6 Å². The van der Waals surface area contributed by atoms with Crippen LogP contribution in [0.5, 0.6) is 0 Å². The second kappa shape index (κ2) is 7.77. The van der Waals surface area contributed by atoms with E-state index in [0.717, 1.165) is 33.6 Å². The minimum atomic E-state index is 0.641. The van der Waals surface area contributed by atoms with E-state index in [9.17, 15) is 0 Å².